The number of aromatic nitrogens is 2. The van der Waals surface area contributed by atoms with E-state index in [4.69, 9.17) is 9.47 Å². The molecule has 1 amide bonds. The molecule has 3 aromatic rings. The number of hydrogen-bond acceptors (Lipinski definition) is 5. The van der Waals surface area contributed by atoms with Crippen LogP contribution in [0.3, 0.4) is 0 Å². The van der Waals surface area contributed by atoms with Gasteiger partial charge in [0.1, 0.15) is 17.6 Å². The summed E-state index contributed by atoms with van der Waals surface area (Å²) in [7, 11) is 0. The zero-order chi connectivity index (χ0) is 22.5. The molecule has 1 aliphatic rings. The van der Waals surface area contributed by atoms with Gasteiger partial charge in [0.05, 0.1) is 22.7 Å². The minimum absolute atomic E-state index is 0.0524. The van der Waals surface area contributed by atoms with E-state index in [-0.39, 0.29) is 18.6 Å². The molecule has 1 aromatic heterocycles. The second kappa shape index (κ2) is 9.67. The van der Waals surface area contributed by atoms with Crippen molar-refractivity contribution in [3.63, 3.8) is 0 Å². The molecule has 0 spiro atoms. The van der Waals surface area contributed by atoms with Gasteiger partial charge in [-0.3, -0.25) is 4.79 Å². The molecule has 1 aliphatic heterocycles. The maximum atomic E-state index is 11.9. The normalized spacial score (nSPS) is 16.2. The van der Waals surface area contributed by atoms with E-state index < -0.39 is 0 Å². The molecule has 0 unspecified atom stereocenters. The maximum absolute atomic E-state index is 11.9. The number of imidazole rings is 1. The topological polar surface area (TPSA) is 100 Å². The van der Waals surface area contributed by atoms with Crippen molar-refractivity contribution in [2.24, 2.45) is 0 Å². The summed E-state index contributed by atoms with van der Waals surface area (Å²) in [6.45, 7) is 5.32. The number of carbonyl (C=O) groups excluding carboxylic acids is 1. The Labute approximate surface area is 187 Å². The molecular weight excluding hydrogens is 404 g/mol. The summed E-state index contributed by atoms with van der Waals surface area (Å²) in [5.41, 5.74) is 5.36. The highest BCUT2D eigenvalue weighted by Gasteiger charge is 2.16. The van der Waals surface area contributed by atoms with Gasteiger partial charge in [-0.2, -0.15) is 5.26 Å². The largest absolute Gasteiger partial charge is 0.484 e. The second-order valence-electron chi connectivity index (χ2n) is 8.01. The first-order valence-corrected chi connectivity index (χ1v) is 10.7. The summed E-state index contributed by atoms with van der Waals surface area (Å²) < 4.78 is 11.0. The lowest BCUT2D eigenvalue weighted by Gasteiger charge is -2.11. The number of amides is 1. The number of carbonyl (C=O) groups is 1. The van der Waals surface area contributed by atoms with Crippen molar-refractivity contribution in [2.45, 2.75) is 32.8 Å². The lowest BCUT2D eigenvalue weighted by molar-refractivity contribution is -0.123. The minimum atomic E-state index is -0.174. The Bertz CT molecular complexity index is 1140. The van der Waals surface area contributed by atoms with Crippen LogP contribution in [0.15, 0.2) is 36.4 Å². The van der Waals surface area contributed by atoms with Crippen LogP contribution in [0.2, 0.25) is 0 Å². The zero-order valence-electron chi connectivity index (χ0n) is 18.3. The van der Waals surface area contributed by atoms with Gasteiger partial charge in [0.15, 0.2) is 6.61 Å². The Morgan fingerprint density at radius 2 is 2.09 bits per heavy atom. The van der Waals surface area contributed by atoms with Gasteiger partial charge < -0.3 is 19.8 Å². The molecule has 2 heterocycles. The highest BCUT2D eigenvalue weighted by molar-refractivity contribution is 5.90. The first-order chi connectivity index (χ1) is 15.5. The number of hydrogen-bond donors (Lipinski definition) is 2. The van der Waals surface area contributed by atoms with E-state index in [2.05, 4.69) is 21.4 Å². The van der Waals surface area contributed by atoms with Gasteiger partial charge in [-0.05, 0) is 73.7 Å². The number of rotatable bonds is 7. The molecule has 7 heteroatoms. The molecule has 4 rings (SSSR count). The van der Waals surface area contributed by atoms with Gasteiger partial charge in [-0.25, -0.2) is 4.98 Å². The molecular formula is C25H26N4O3. The smallest absolute Gasteiger partial charge is 0.258 e. The molecule has 7 nitrogen and oxygen atoms in total. The number of nitrogens with zero attached hydrogens (tertiary/aromatic N) is 2. The molecule has 2 aromatic carbocycles. The van der Waals surface area contributed by atoms with Gasteiger partial charge in [0, 0.05) is 13.2 Å². The van der Waals surface area contributed by atoms with Crippen LogP contribution in [0.4, 0.5) is 0 Å². The number of ether oxygens (including phenoxy) is 2. The fourth-order valence-electron chi connectivity index (χ4n) is 3.61. The fourth-order valence-corrected chi connectivity index (χ4v) is 3.61. The predicted octanol–water partition coefficient (Wildman–Crippen LogP) is 3.92. The van der Waals surface area contributed by atoms with E-state index >= 15 is 0 Å². The Morgan fingerprint density at radius 1 is 1.31 bits per heavy atom. The zero-order valence-corrected chi connectivity index (χ0v) is 18.3. The van der Waals surface area contributed by atoms with Gasteiger partial charge >= 0.3 is 0 Å². The SMILES string of the molecule is Cc1cc2nc(/C(C#N)=C/c3ccc(OCC(=O)NC[C@H]4CCCO4)cc3)[nH]c2cc1C. The van der Waals surface area contributed by atoms with Gasteiger partial charge in [-0.1, -0.05) is 12.1 Å². The number of fused-ring (bicyclic) bond motifs is 1. The molecule has 0 saturated carbocycles. The first kappa shape index (κ1) is 21.6. The maximum Gasteiger partial charge on any atom is 0.258 e. The highest BCUT2D eigenvalue weighted by Crippen LogP contribution is 2.23. The van der Waals surface area contributed by atoms with Crippen LogP contribution >= 0.6 is 0 Å². The number of nitriles is 1. The highest BCUT2D eigenvalue weighted by atomic mass is 16.5. The average Bonchev–Trinajstić information content (AvgIpc) is 3.45. The van der Waals surface area contributed by atoms with Crippen molar-refractivity contribution < 1.29 is 14.3 Å². The third kappa shape index (κ3) is 5.16. The Balaban J connectivity index is 1.38. The van der Waals surface area contributed by atoms with Crippen LogP contribution in [0.1, 0.15) is 35.4 Å². The minimum Gasteiger partial charge on any atom is -0.484 e. The quantitative estimate of drug-likeness (QED) is 0.554. The monoisotopic (exact) mass is 430 g/mol. The average molecular weight is 431 g/mol. The lowest BCUT2D eigenvalue weighted by Crippen LogP contribution is -2.35. The number of H-pyrrole nitrogens is 1. The molecule has 0 radical (unpaired) electrons. The summed E-state index contributed by atoms with van der Waals surface area (Å²) in [6, 6.07) is 13.5. The Kier molecular flexibility index (Phi) is 6.52. The van der Waals surface area contributed by atoms with E-state index in [1.54, 1.807) is 18.2 Å². The number of nitrogens with one attached hydrogen (secondary N) is 2. The van der Waals surface area contributed by atoms with Crippen LogP contribution in [0, 0.1) is 25.2 Å². The number of aromatic amines is 1. The molecule has 1 saturated heterocycles. The van der Waals surface area contributed by atoms with E-state index in [9.17, 15) is 10.1 Å². The first-order valence-electron chi connectivity index (χ1n) is 10.7. The molecule has 0 bridgehead atoms. The van der Waals surface area contributed by atoms with Gasteiger partial charge in [-0.15, -0.1) is 0 Å². The van der Waals surface area contributed by atoms with Crippen LogP contribution < -0.4 is 10.1 Å². The number of benzene rings is 2. The standard InChI is InChI=1S/C25H26N4O3/c1-16-10-22-23(11-17(16)2)29-25(28-22)19(13-26)12-18-5-7-20(8-6-18)32-15-24(30)27-14-21-4-3-9-31-21/h5-8,10-12,21H,3-4,9,14-15H2,1-2H3,(H,27,30)(H,28,29)/b19-12+/t21-/m1/s1. The Hall–Kier alpha value is -3.63. The van der Waals surface area contributed by atoms with Gasteiger partial charge in [0.2, 0.25) is 0 Å². The van der Waals surface area contributed by atoms with Crippen molar-refractivity contribution in [2.75, 3.05) is 19.8 Å². The van der Waals surface area contributed by atoms with E-state index in [1.807, 2.05) is 38.1 Å². The van der Waals surface area contributed by atoms with Crippen molar-refractivity contribution in [3.8, 4) is 11.8 Å². The second-order valence-corrected chi connectivity index (χ2v) is 8.01. The van der Waals surface area contributed by atoms with E-state index in [1.165, 1.54) is 5.56 Å². The summed E-state index contributed by atoms with van der Waals surface area (Å²) in [5, 5.41) is 12.5. The van der Waals surface area contributed by atoms with Crippen LogP contribution in [-0.4, -0.2) is 41.7 Å². The van der Waals surface area contributed by atoms with Crippen LogP contribution in [0.5, 0.6) is 5.75 Å². The number of allylic oxidation sites excluding steroid dienone is 1. The molecule has 1 atom stereocenters. The fraction of sp³-hybridized carbons (Fsp3) is 0.320. The van der Waals surface area contributed by atoms with Crippen LogP contribution in [-0.2, 0) is 9.53 Å². The van der Waals surface area contributed by atoms with E-state index in [0.717, 1.165) is 41.6 Å². The lowest BCUT2D eigenvalue weighted by atomic mass is 10.1. The molecule has 0 aliphatic carbocycles. The van der Waals surface area contributed by atoms with Crippen molar-refractivity contribution in [1.29, 1.82) is 5.26 Å². The predicted molar refractivity (Wildman–Crippen MR) is 123 cm³/mol. The number of aryl methyl sites for hydroxylation is 2. The summed E-state index contributed by atoms with van der Waals surface area (Å²) >= 11 is 0. The third-order valence-corrected chi connectivity index (χ3v) is 5.58. The Morgan fingerprint density at radius 3 is 2.81 bits per heavy atom. The van der Waals surface area contributed by atoms with Crippen molar-refractivity contribution in [3.05, 3.63) is 58.9 Å². The van der Waals surface area contributed by atoms with Crippen LogP contribution in [0.25, 0.3) is 22.7 Å². The molecule has 32 heavy (non-hydrogen) atoms. The van der Waals surface area contributed by atoms with Crippen molar-refractivity contribution >= 4 is 28.6 Å². The molecule has 2 N–H and O–H groups in total. The molecule has 1 fully saturated rings. The third-order valence-electron chi connectivity index (χ3n) is 5.58. The van der Waals surface area contributed by atoms with E-state index in [0.29, 0.717) is 23.7 Å². The summed E-state index contributed by atoms with van der Waals surface area (Å²) in [4.78, 5) is 19.8. The summed E-state index contributed by atoms with van der Waals surface area (Å²) in [6.07, 6.45) is 3.91. The summed E-state index contributed by atoms with van der Waals surface area (Å²) in [5.74, 6) is 0.949. The molecule has 164 valence electrons. The van der Waals surface area contributed by atoms with Gasteiger partial charge in [0.25, 0.3) is 5.91 Å². The van der Waals surface area contributed by atoms with Crippen molar-refractivity contribution in [1.82, 2.24) is 15.3 Å².